The van der Waals surface area contributed by atoms with E-state index in [0.717, 1.165) is 24.0 Å². The molecule has 1 aromatic heterocycles. The third-order valence-electron chi connectivity index (χ3n) is 2.92. The number of hydrogen-bond donors (Lipinski definition) is 0. The average molecular weight is 312 g/mol. The van der Waals surface area contributed by atoms with Gasteiger partial charge in [0.25, 0.3) is 0 Å². The highest BCUT2D eigenvalue weighted by Gasteiger charge is 2.15. The Balaban J connectivity index is 2.33. The number of carbonyl (C=O) groups excluding carboxylic acids is 1. The third-order valence-corrected chi connectivity index (χ3v) is 3.50. The molecule has 1 aromatic carbocycles. The second-order valence-corrected chi connectivity index (χ2v) is 5.87. The molecule has 106 valence electrons. The molecule has 6 heteroatoms. The van der Waals surface area contributed by atoms with Gasteiger partial charge in [-0.3, -0.25) is 4.79 Å². The Morgan fingerprint density at radius 2 is 2.10 bits per heavy atom. The average Bonchev–Trinajstić information content (AvgIpc) is 2.74. The van der Waals surface area contributed by atoms with Gasteiger partial charge in [-0.15, -0.1) is 5.10 Å². The first kappa shape index (κ1) is 15.0. The number of carbonyl (C=O) groups is 1. The molecular weight excluding hydrogens is 297 g/mol. The summed E-state index contributed by atoms with van der Waals surface area (Å²) in [6.07, 6.45) is 1.48. The highest BCUT2D eigenvalue weighted by atomic mass is 35.5. The molecule has 0 saturated carbocycles. The lowest BCUT2D eigenvalue weighted by molar-refractivity contribution is 0.111. The predicted molar refractivity (Wildman–Crippen MR) is 79.5 cm³/mol. The van der Waals surface area contributed by atoms with E-state index in [2.05, 4.69) is 24.2 Å². The molecule has 0 saturated heterocycles. The summed E-state index contributed by atoms with van der Waals surface area (Å²) in [7, 11) is 0. The Labute approximate surface area is 127 Å². The Morgan fingerprint density at radius 1 is 1.35 bits per heavy atom. The van der Waals surface area contributed by atoms with E-state index in [1.807, 2.05) is 6.07 Å². The van der Waals surface area contributed by atoms with Gasteiger partial charge in [0, 0.05) is 10.0 Å². The zero-order chi connectivity index (χ0) is 14.7. The van der Waals surface area contributed by atoms with Crippen LogP contribution >= 0.6 is 23.2 Å². The summed E-state index contributed by atoms with van der Waals surface area (Å²) in [5.41, 5.74) is 2.12. The molecule has 0 unspecified atom stereocenters. The van der Waals surface area contributed by atoms with Crippen LogP contribution in [0, 0.1) is 5.92 Å². The van der Waals surface area contributed by atoms with Crippen LogP contribution in [0.3, 0.4) is 0 Å². The lowest BCUT2D eigenvalue weighted by Crippen LogP contribution is -2.10. The van der Waals surface area contributed by atoms with Crippen LogP contribution in [0.25, 0.3) is 0 Å². The molecule has 20 heavy (non-hydrogen) atoms. The summed E-state index contributed by atoms with van der Waals surface area (Å²) in [4.78, 5) is 11.0. The third kappa shape index (κ3) is 3.38. The van der Waals surface area contributed by atoms with E-state index in [0.29, 0.717) is 28.2 Å². The fourth-order valence-corrected chi connectivity index (χ4v) is 2.44. The standard InChI is InChI=1S/C14H15Cl2N3O/c1-9(2)5-14-13(8-20)17-18-19(14)7-10-3-4-11(15)6-12(10)16/h3-4,6,8-9H,5,7H2,1-2H3. The van der Waals surface area contributed by atoms with Gasteiger partial charge in [0.2, 0.25) is 0 Å². The minimum atomic E-state index is 0.392. The second-order valence-electron chi connectivity index (χ2n) is 5.03. The number of rotatable bonds is 5. The van der Waals surface area contributed by atoms with Crippen molar-refractivity contribution in [2.75, 3.05) is 0 Å². The molecule has 4 nitrogen and oxygen atoms in total. The van der Waals surface area contributed by atoms with Crippen molar-refractivity contribution >= 4 is 29.5 Å². The predicted octanol–water partition coefficient (Wildman–Crippen LogP) is 3.64. The molecule has 0 fully saturated rings. The Kier molecular flexibility index (Phi) is 4.78. The van der Waals surface area contributed by atoms with Gasteiger partial charge in [-0.2, -0.15) is 0 Å². The van der Waals surface area contributed by atoms with Gasteiger partial charge in [0.05, 0.1) is 12.2 Å². The molecule has 0 aliphatic rings. The zero-order valence-electron chi connectivity index (χ0n) is 11.3. The van der Waals surface area contributed by atoms with Gasteiger partial charge in [-0.1, -0.05) is 48.3 Å². The minimum absolute atomic E-state index is 0.392. The van der Waals surface area contributed by atoms with E-state index < -0.39 is 0 Å². The van der Waals surface area contributed by atoms with E-state index in [-0.39, 0.29) is 0 Å². The van der Waals surface area contributed by atoms with Crippen LogP contribution in [0.1, 0.15) is 35.6 Å². The number of nitrogens with zero attached hydrogens (tertiary/aromatic N) is 3. The lowest BCUT2D eigenvalue weighted by atomic mass is 10.1. The van der Waals surface area contributed by atoms with Gasteiger partial charge in [-0.25, -0.2) is 4.68 Å². The summed E-state index contributed by atoms with van der Waals surface area (Å²) in [6.45, 7) is 4.64. The molecule has 0 bridgehead atoms. The highest BCUT2D eigenvalue weighted by Crippen LogP contribution is 2.22. The quantitative estimate of drug-likeness (QED) is 0.792. The van der Waals surface area contributed by atoms with Gasteiger partial charge in [0.15, 0.2) is 6.29 Å². The monoisotopic (exact) mass is 311 g/mol. The van der Waals surface area contributed by atoms with Crippen molar-refractivity contribution < 1.29 is 4.79 Å². The smallest absolute Gasteiger partial charge is 0.172 e. The topological polar surface area (TPSA) is 47.8 Å². The number of aromatic nitrogens is 3. The summed E-state index contributed by atoms with van der Waals surface area (Å²) in [6, 6.07) is 5.33. The zero-order valence-corrected chi connectivity index (χ0v) is 12.8. The SMILES string of the molecule is CC(C)Cc1c(C=O)nnn1Cc1ccc(Cl)cc1Cl. The van der Waals surface area contributed by atoms with E-state index in [9.17, 15) is 4.79 Å². The van der Waals surface area contributed by atoms with Crippen molar-refractivity contribution in [3.8, 4) is 0 Å². The molecule has 2 aromatic rings. The highest BCUT2D eigenvalue weighted by molar-refractivity contribution is 6.35. The molecule has 0 aliphatic carbocycles. The van der Waals surface area contributed by atoms with Crippen LogP contribution in [0.4, 0.5) is 0 Å². The van der Waals surface area contributed by atoms with Crippen molar-refractivity contribution in [2.24, 2.45) is 5.92 Å². The van der Waals surface area contributed by atoms with Crippen LogP contribution in [0.5, 0.6) is 0 Å². The van der Waals surface area contributed by atoms with Crippen molar-refractivity contribution in [2.45, 2.75) is 26.8 Å². The van der Waals surface area contributed by atoms with Crippen LogP contribution in [0.15, 0.2) is 18.2 Å². The maximum absolute atomic E-state index is 11.0. The number of halogens is 2. The van der Waals surface area contributed by atoms with E-state index in [1.54, 1.807) is 16.8 Å². The molecule has 0 aliphatic heterocycles. The summed E-state index contributed by atoms with van der Waals surface area (Å²) < 4.78 is 1.72. The van der Waals surface area contributed by atoms with E-state index >= 15 is 0 Å². The first-order chi connectivity index (χ1) is 9.51. The van der Waals surface area contributed by atoms with Gasteiger partial charge < -0.3 is 0 Å². The van der Waals surface area contributed by atoms with Crippen molar-refractivity contribution in [1.29, 1.82) is 0 Å². The largest absolute Gasteiger partial charge is 0.296 e. The maximum atomic E-state index is 11.0. The first-order valence-corrected chi connectivity index (χ1v) is 7.08. The Hall–Kier alpha value is -1.39. The molecule has 0 radical (unpaired) electrons. The van der Waals surface area contributed by atoms with Crippen LogP contribution in [0.2, 0.25) is 10.0 Å². The molecule has 0 amide bonds. The minimum Gasteiger partial charge on any atom is -0.296 e. The second kappa shape index (κ2) is 6.37. The lowest BCUT2D eigenvalue weighted by Gasteiger charge is -2.10. The van der Waals surface area contributed by atoms with E-state index in [4.69, 9.17) is 23.2 Å². The maximum Gasteiger partial charge on any atom is 0.172 e. The van der Waals surface area contributed by atoms with Crippen LogP contribution < -0.4 is 0 Å². The van der Waals surface area contributed by atoms with Gasteiger partial charge in [-0.05, 0) is 30.0 Å². The molecule has 0 N–H and O–H groups in total. The number of hydrogen-bond acceptors (Lipinski definition) is 3. The summed E-state index contributed by atoms with van der Waals surface area (Å²) >= 11 is 12.0. The molecule has 2 rings (SSSR count). The normalized spacial score (nSPS) is 11.1. The number of benzene rings is 1. The van der Waals surface area contributed by atoms with Gasteiger partial charge >= 0.3 is 0 Å². The Morgan fingerprint density at radius 3 is 2.70 bits per heavy atom. The van der Waals surface area contributed by atoms with Crippen molar-refractivity contribution in [3.05, 3.63) is 45.2 Å². The molecular formula is C14H15Cl2N3O. The molecule has 1 heterocycles. The Bertz CT molecular complexity index is 623. The van der Waals surface area contributed by atoms with Crippen LogP contribution in [-0.2, 0) is 13.0 Å². The fourth-order valence-electron chi connectivity index (χ4n) is 1.97. The summed E-state index contributed by atoms with van der Waals surface area (Å²) in [5, 5.41) is 9.12. The number of aldehydes is 1. The molecule has 0 spiro atoms. The van der Waals surface area contributed by atoms with Crippen molar-refractivity contribution in [1.82, 2.24) is 15.0 Å². The van der Waals surface area contributed by atoms with Crippen molar-refractivity contribution in [3.63, 3.8) is 0 Å². The molecule has 0 atom stereocenters. The summed E-state index contributed by atoms with van der Waals surface area (Å²) in [5.74, 6) is 0.409. The fraction of sp³-hybridized carbons (Fsp3) is 0.357. The van der Waals surface area contributed by atoms with Gasteiger partial charge in [0.1, 0.15) is 5.69 Å². The van der Waals surface area contributed by atoms with Crippen LogP contribution in [-0.4, -0.2) is 21.3 Å². The first-order valence-electron chi connectivity index (χ1n) is 6.32. The van der Waals surface area contributed by atoms with E-state index in [1.165, 1.54) is 0 Å².